The summed E-state index contributed by atoms with van der Waals surface area (Å²) in [6.45, 7) is 7.14. The number of nitrogens with one attached hydrogen (secondary N) is 1. The number of nitrogens with zero attached hydrogens (tertiary/aromatic N) is 2. The highest BCUT2D eigenvalue weighted by atomic mass is 16.5. The maximum Gasteiger partial charge on any atom is 0.331 e. The maximum absolute atomic E-state index is 11.9. The maximum atomic E-state index is 11.9. The van der Waals surface area contributed by atoms with E-state index in [0.717, 1.165) is 0 Å². The Bertz CT molecular complexity index is 477. The van der Waals surface area contributed by atoms with Crippen molar-refractivity contribution in [2.75, 3.05) is 5.32 Å². The van der Waals surface area contributed by atoms with E-state index in [1.165, 1.54) is 13.0 Å². The molecule has 0 saturated heterocycles. The highest BCUT2D eigenvalue weighted by Gasteiger charge is 2.18. The number of ether oxygens (including phenoxy) is 1. The zero-order valence-corrected chi connectivity index (χ0v) is 11.6. The number of amides is 1. The van der Waals surface area contributed by atoms with Gasteiger partial charge in [0.2, 0.25) is 0 Å². The predicted octanol–water partition coefficient (Wildman–Crippen LogP) is 1.91. The zero-order valence-electron chi connectivity index (χ0n) is 11.6. The SMILES string of the molecule is CC=CC(=O)OC(C)C(=O)Nc1ccnn1C(C)C. The lowest BCUT2D eigenvalue weighted by Crippen LogP contribution is -2.30. The largest absolute Gasteiger partial charge is 0.449 e. The summed E-state index contributed by atoms with van der Waals surface area (Å²) in [7, 11) is 0. The predicted molar refractivity (Wildman–Crippen MR) is 71.6 cm³/mol. The van der Waals surface area contributed by atoms with E-state index in [9.17, 15) is 9.59 Å². The van der Waals surface area contributed by atoms with Crippen LogP contribution in [0.3, 0.4) is 0 Å². The third-order valence-corrected chi connectivity index (χ3v) is 2.38. The van der Waals surface area contributed by atoms with E-state index in [2.05, 4.69) is 10.4 Å². The minimum absolute atomic E-state index is 0.131. The van der Waals surface area contributed by atoms with Gasteiger partial charge in [0.1, 0.15) is 5.82 Å². The van der Waals surface area contributed by atoms with Crippen LogP contribution in [0.5, 0.6) is 0 Å². The first-order valence-corrected chi connectivity index (χ1v) is 6.13. The Morgan fingerprint density at radius 1 is 1.42 bits per heavy atom. The molecule has 1 heterocycles. The van der Waals surface area contributed by atoms with Crippen molar-refractivity contribution in [2.24, 2.45) is 0 Å². The summed E-state index contributed by atoms with van der Waals surface area (Å²) in [4.78, 5) is 23.1. The van der Waals surface area contributed by atoms with Crippen molar-refractivity contribution in [1.82, 2.24) is 9.78 Å². The third-order valence-electron chi connectivity index (χ3n) is 2.38. The molecule has 6 heteroatoms. The van der Waals surface area contributed by atoms with Crippen molar-refractivity contribution in [2.45, 2.75) is 39.8 Å². The number of hydrogen-bond donors (Lipinski definition) is 1. The van der Waals surface area contributed by atoms with Gasteiger partial charge >= 0.3 is 5.97 Å². The van der Waals surface area contributed by atoms with Crippen molar-refractivity contribution >= 4 is 17.7 Å². The molecule has 1 unspecified atom stereocenters. The highest BCUT2D eigenvalue weighted by Crippen LogP contribution is 2.13. The number of aromatic nitrogens is 2. The Labute approximate surface area is 112 Å². The number of rotatable bonds is 5. The Morgan fingerprint density at radius 3 is 2.68 bits per heavy atom. The van der Waals surface area contributed by atoms with E-state index in [1.807, 2.05) is 13.8 Å². The molecule has 0 fully saturated rings. The quantitative estimate of drug-likeness (QED) is 0.652. The van der Waals surface area contributed by atoms with Crippen molar-refractivity contribution in [3.63, 3.8) is 0 Å². The van der Waals surface area contributed by atoms with Crippen LogP contribution in [0, 0.1) is 0 Å². The lowest BCUT2D eigenvalue weighted by atomic mass is 10.3. The van der Waals surface area contributed by atoms with Gasteiger partial charge in [0.25, 0.3) is 5.91 Å². The van der Waals surface area contributed by atoms with Gasteiger partial charge in [-0.25, -0.2) is 9.48 Å². The van der Waals surface area contributed by atoms with Gasteiger partial charge in [0.05, 0.1) is 6.20 Å². The molecule has 0 spiro atoms. The smallest absolute Gasteiger partial charge is 0.331 e. The van der Waals surface area contributed by atoms with Crippen LogP contribution in [0.1, 0.15) is 33.7 Å². The van der Waals surface area contributed by atoms with E-state index in [-0.39, 0.29) is 11.9 Å². The van der Waals surface area contributed by atoms with Gasteiger partial charge in [0, 0.05) is 18.2 Å². The van der Waals surface area contributed by atoms with Crippen LogP contribution in [0.25, 0.3) is 0 Å². The van der Waals surface area contributed by atoms with E-state index in [4.69, 9.17) is 4.74 Å². The Hall–Kier alpha value is -2.11. The van der Waals surface area contributed by atoms with E-state index < -0.39 is 12.1 Å². The summed E-state index contributed by atoms with van der Waals surface area (Å²) in [5.41, 5.74) is 0. The molecule has 19 heavy (non-hydrogen) atoms. The van der Waals surface area contributed by atoms with Gasteiger partial charge in [-0.05, 0) is 27.7 Å². The second-order valence-electron chi connectivity index (χ2n) is 4.32. The number of hydrogen-bond acceptors (Lipinski definition) is 4. The lowest BCUT2D eigenvalue weighted by Gasteiger charge is -2.15. The molecule has 1 atom stereocenters. The molecule has 104 valence electrons. The van der Waals surface area contributed by atoms with E-state index >= 15 is 0 Å². The number of carbonyl (C=O) groups excluding carboxylic acids is 2. The molecular formula is C13H19N3O3. The fourth-order valence-corrected chi connectivity index (χ4v) is 1.46. The van der Waals surface area contributed by atoms with E-state index in [1.54, 1.807) is 29.9 Å². The standard InChI is InChI=1S/C13H19N3O3/c1-5-6-12(17)19-10(4)13(18)15-11-7-8-14-16(11)9(2)3/h5-10H,1-4H3,(H,15,18). The Morgan fingerprint density at radius 2 is 2.11 bits per heavy atom. The molecule has 0 aliphatic heterocycles. The molecule has 1 rings (SSSR count). The highest BCUT2D eigenvalue weighted by molar-refractivity contribution is 5.95. The first kappa shape index (κ1) is 14.9. The molecule has 0 aliphatic carbocycles. The topological polar surface area (TPSA) is 73.2 Å². The third kappa shape index (κ3) is 4.24. The Balaban J connectivity index is 2.64. The van der Waals surface area contributed by atoms with Crippen molar-refractivity contribution in [3.8, 4) is 0 Å². The van der Waals surface area contributed by atoms with Crippen LogP contribution in [0.4, 0.5) is 5.82 Å². The summed E-state index contributed by atoms with van der Waals surface area (Å²) in [6.07, 6.45) is 3.56. The fraction of sp³-hybridized carbons (Fsp3) is 0.462. The summed E-state index contributed by atoms with van der Waals surface area (Å²) >= 11 is 0. The lowest BCUT2D eigenvalue weighted by molar-refractivity contribution is -0.148. The minimum Gasteiger partial charge on any atom is -0.449 e. The van der Waals surface area contributed by atoms with Gasteiger partial charge in [-0.1, -0.05) is 6.08 Å². The van der Waals surface area contributed by atoms with Crippen LogP contribution in [0.15, 0.2) is 24.4 Å². The van der Waals surface area contributed by atoms with Crippen molar-refractivity contribution < 1.29 is 14.3 Å². The molecule has 1 aromatic rings. The first-order valence-electron chi connectivity index (χ1n) is 6.13. The van der Waals surface area contributed by atoms with Crippen LogP contribution in [-0.2, 0) is 14.3 Å². The second kappa shape index (κ2) is 6.72. The van der Waals surface area contributed by atoms with Gasteiger partial charge in [-0.3, -0.25) is 4.79 Å². The van der Waals surface area contributed by atoms with E-state index in [0.29, 0.717) is 5.82 Å². The number of carbonyl (C=O) groups is 2. The number of esters is 1. The fourth-order valence-electron chi connectivity index (χ4n) is 1.46. The summed E-state index contributed by atoms with van der Waals surface area (Å²) < 4.78 is 6.61. The molecule has 0 aromatic carbocycles. The number of anilines is 1. The molecule has 0 radical (unpaired) electrons. The van der Waals surface area contributed by atoms with Gasteiger partial charge < -0.3 is 10.1 Å². The summed E-state index contributed by atoms with van der Waals surface area (Å²) in [5, 5.41) is 6.78. The second-order valence-corrected chi connectivity index (χ2v) is 4.32. The zero-order chi connectivity index (χ0) is 14.4. The molecule has 1 aromatic heterocycles. The van der Waals surface area contributed by atoms with Crippen LogP contribution in [-0.4, -0.2) is 27.8 Å². The summed E-state index contributed by atoms with van der Waals surface area (Å²) in [6, 6.07) is 1.82. The average Bonchev–Trinajstić information content (AvgIpc) is 2.77. The van der Waals surface area contributed by atoms with Crippen LogP contribution >= 0.6 is 0 Å². The summed E-state index contributed by atoms with van der Waals surface area (Å²) in [5.74, 6) is -0.350. The minimum atomic E-state index is -0.862. The molecule has 0 bridgehead atoms. The number of allylic oxidation sites excluding steroid dienone is 1. The molecule has 0 aliphatic rings. The van der Waals surface area contributed by atoms with Crippen molar-refractivity contribution in [1.29, 1.82) is 0 Å². The van der Waals surface area contributed by atoms with Crippen LogP contribution < -0.4 is 5.32 Å². The van der Waals surface area contributed by atoms with Gasteiger partial charge in [-0.2, -0.15) is 5.10 Å². The molecule has 0 saturated carbocycles. The molecule has 1 N–H and O–H groups in total. The first-order chi connectivity index (χ1) is 8.95. The van der Waals surface area contributed by atoms with Gasteiger partial charge in [0.15, 0.2) is 6.10 Å². The molecular weight excluding hydrogens is 246 g/mol. The van der Waals surface area contributed by atoms with Gasteiger partial charge in [-0.15, -0.1) is 0 Å². The van der Waals surface area contributed by atoms with Crippen molar-refractivity contribution in [3.05, 3.63) is 24.4 Å². The average molecular weight is 265 g/mol. The normalized spacial score (nSPS) is 12.7. The monoisotopic (exact) mass is 265 g/mol. The Kier molecular flexibility index (Phi) is 5.29. The molecule has 6 nitrogen and oxygen atoms in total. The molecule has 1 amide bonds. The van der Waals surface area contributed by atoms with Crippen LogP contribution in [0.2, 0.25) is 0 Å².